The third-order valence-corrected chi connectivity index (χ3v) is 21.7. The minimum atomic E-state index is -1.62. The Kier molecular flexibility index (Phi) is 31.5. The highest BCUT2D eigenvalue weighted by atomic mass is 16.6. The molecule has 15 rings (SSSR count). The van der Waals surface area contributed by atoms with Crippen molar-refractivity contribution in [2.45, 2.75) is 134 Å². The first kappa shape index (κ1) is 88.2. The molecule has 6 aromatic carbocycles. The predicted molar refractivity (Wildman–Crippen MR) is 449 cm³/mol. The van der Waals surface area contributed by atoms with Crippen LogP contribution in [0.5, 0.6) is 23.0 Å². The van der Waals surface area contributed by atoms with E-state index in [2.05, 4.69) is 26.5 Å². The number of hydrogen-bond acceptors (Lipinski definition) is 23. The normalized spacial score (nSPS) is 20.6. The number of ketones is 3. The number of methoxy groups -OCH3 is 2. The zero-order valence-corrected chi connectivity index (χ0v) is 68.4. The number of hydrazone groups is 1. The molecule has 30 nitrogen and oxygen atoms in total. The Hall–Kier alpha value is -12.1. The van der Waals surface area contributed by atoms with E-state index in [9.17, 15) is 53.4 Å². The van der Waals surface area contributed by atoms with Crippen LogP contribution in [0.25, 0.3) is 11.1 Å². The number of hydrogen-bond donors (Lipinski definition) is 6. The molecule has 9 aliphatic heterocycles. The van der Waals surface area contributed by atoms with E-state index in [-0.39, 0.29) is 192 Å². The number of nitrogens with one attached hydrogen (secondary N) is 4. The summed E-state index contributed by atoms with van der Waals surface area (Å²) in [4.78, 5) is 154. The standard InChI is InChI=1S/C91H104N10O20/c1-59-45-73-76-51-79(59)119-40-8-5-9-41-120-81-52-75-74(50-80(81)116-3)88(111)98-56-67(65-24-21-63(22-25-65)53-95-96-83(106)12-6-4-7-38-97-84(107)33-34-85(97)108)48-77(98)89(112)100(75)86(109)32-23-60-13-15-61(16-14-60)46-70(103)55-93-36-43-118-44-37-94-82(105)31-28-69(102)11-10-39-117-42-35-92-54-71(104)47-62-17-19-64(20-18-62)58-121-91(114)101(76)90(113)78-49-68(57-99(78)87(73)110)66-26-29-72(115-2)30-27-66/h13-22,24-27,29-30,33-34,45,48-53,77-78,89-90,92-93,112-113H,4-12,23,28,31-32,35-44,46-47,54-58H2,1-3H3,(H,94,105)(H,96,106)/b95-53+/t77-,78-,89?,90?/m0/s1. The van der Waals surface area contributed by atoms with Crippen molar-refractivity contribution in [3.63, 3.8) is 0 Å². The number of ether oxygens (including phenoxy) is 7. The summed E-state index contributed by atoms with van der Waals surface area (Å²) in [7, 11) is 3.00. The minimum Gasteiger partial charge on any atom is -0.497 e. The average molecular weight is 1660 g/mol. The van der Waals surface area contributed by atoms with Gasteiger partial charge in [-0.15, -0.1) is 0 Å². The second-order valence-electron chi connectivity index (χ2n) is 30.4. The van der Waals surface area contributed by atoms with E-state index in [0.29, 0.717) is 112 Å². The maximum atomic E-state index is 15.1. The Morgan fingerprint density at radius 3 is 1.74 bits per heavy atom. The fourth-order valence-electron chi connectivity index (χ4n) is 15.1. The summed E-state index contributed by atoms with van der Waals surface area (Å²) in [6.07, 6.45) is 8.21. The number of anilines is 2. The monoisotopic (exact) mass is 1660 g/mol. The van der Waals surface area contributed by atoms with Gasteiger partial charge >= 0.3 is 6.09 Å². The lowest BCUT2D eigenvalue weighted by Gasteiger charge is -2.32. The molecule has 0 saturated heterocycles. The molecule has 4 atom stereocenters. The van der Waals surface area contributed by atoms with E-state index >= 15 is 9.59 Å². The molecular weight excluding hydrogens is 1550 g/mol. The molecule has 0 aliphatic carbocycles. The van der Waals surface area contributed by atoms with Gasteiger partial charge in [-0.3, -0.25) is 57.7 Å². The Labute approximate surface area is 702 Å². The van der Waals surface area contributed by atoms with Crippen LogP contribution in [0.4, 0.5) is 16.2 Å². The predicted octanol–water partition coefficient (Wildman–Crippen LogP) is 7.86. The first-order valence-electron chi connectivity index (χ1n) is 41.1. The maximum Gasteiger partial charge on any atom is 0.416 e. The van der Waals surface area contributed by atoms with Crippen molar-refractivity contribution in [3.8, 4) is 23.0 Å². The fourth-order valence-corrected chi connectivity index (χ4v) is 15.1. The lowest BCUT2D eigenvalue weighted by Crippen LogP contribution is -2.50. The number of aliphatic hydroxyl groups excluding tert-OH is 2. The Morgan fingerprint density at radius 1 is 0.545 bits per heavy atom. The summed E-state index contributed by atoms with van der Waals surface area (Å²) in [5.74, 6) is -1.42. The minimum absolute atomic E-state index is 0.0429. The Bertz CT molecular complexity index is 4860. The second kappa shape index (κ2) is 43.3. The molecule has 0 spiro atoms. The maximum absolute atomic E-state index is 15.1. The average Bonchev–Trinajstić information content (AvgIpc) is 1.61. The lowest BCUT2D eigenvalue weighted by molar-refractivity contribution is -0.137. The van der Waals surface area contributed by atoms with E-state index in [1.165, 1.54) is 51.1 Å². The fraction of sp³-hybridized carbons (Fsp3) is 0.407. The highest BCUT2D eigenvalue weighted by molar-refractivity contribution is 6.13. The van der Waals surface area contributed by atoms with Crippen LogP contribution in [0.2, 0.25) is 0 Å². The van der Waals surface area contributed by atoms with Crippen molar-refractivity contribution in [3.05, 3.63) is 201 Å². The summed E-state index contributed by atoms with van der Waals surface area (Å²) in [5, 5.41) is 38.2. The van der Waals surface area contributed by atoms with E-state index in [0.717, 1.165) is 38.3 Å². The molecule has 121 heavy (non-hydrogen) atoms. The zero-order chi connectivity index (χ0) is 85.3. The van der Waals surface area contributed by atoms with Crippen molar-refractivity contribution in [2.24, 2.45) is 5.10 Å². The van der Waals surface area contributed by atoms with Crippen LogP contribution < -0.4 is 50.1 Å². The van der Waals surface area contributed by atoms with Gasteiger partial charge in [0.1, 0.15) is 23.9 Å². The smallest absolute Gasteiger partial charge is 0.416 e. The molecule has 0 aromatic heterocycles. The zero-order valence-electron chi connectivity index (χ0n) is 68.4. The molecule has 9 aliphatic rings. The number of fused-ring (bicyclic) bond motifs is 2. The lowest BCUT2D eigenvalue weighted by atomic mass is 10.0. The molecule has 30 heteroatoms. The molecule has 6 N–H and O–H groups in total. The van der Waals surface area contributed by atoms with Crippen LogP contribution in [0, 0.1) is 6.92 Å². The molecule has 0 saturated carbocycles. The van der Waals surface area contributed by atoms with Crippen LogP contribution in [0.1, 0.15) is 142 Å². The molecule has 8 bridgehead atoms. The molecule has 638 valence electrons. The third-order valence-electron chi connectivity index (χ3n) is 21.7. The number of rotatable bonds is 12. The number of amides is 8. The number of carbonyl (C=O) groups is 11. The van der Waals surface area contributed by atoms with Gasteiger partial charge in [0.2, 0.25) is 17.7 Å². The Morgan fingerprint density at radius 2 is 1.11 bits per heavy atom. The van der Waals surface area contributed by atoms with Crippen LogP contribution in [-0.4, -0.2) is 227 Å². The number of imide groups is 1. The number of unbranched alkanes of at least 4 members (excludes halogenated alkanes) is 2. The van der Waals surface area contributed by atoms with E-state index in [1.807, 2.05) is 48.5 Å². The summed E-state index contributed by atoms with van der Waals surface area (Å²) in [6.45, 7) is 4.83. The van der Waals surface area contributed by atoms with Gasteiger partial charge in [0, 0.05) is 115 Å². The second-order valence-corrected chi connectivity index (χ2v) is 30.4. The van der Waals surface area contributed by atoms with Gasteiger partial charge in [0.15, 0.2) is 35.5 Å². The van der Waals surface area contributed by atoms with Crippen LogP contribution >= 0.6 is 0 Å². The van der Waals surface area contributed by atoms with Crippen molar-refractivity contribution < 1.29 is 96.1 Å². The van der Waals surface area contributed by atoms with Gasteiger partial charge in [-0.05, 0) is 132 Å². The first-order chi connectivity index (χ1) is 58.7. The van der Waals surface area contributed by atoms with E-state index < -0.39 is 48.4 Å². The third kappa shape index (κ3) is 23.7. The summed E-state index contributed by atoms with van der Waals surface area (Å²) in [5.41, 5.74) is 10.1. The molecule has 9 heterocycles. The number of aryl methyl sites for hydroxylation is 2. The number of benzene rings is 6. The van der Waals surface area contributed by atoms with Crippen molar-refractivity contribution in [2.75, 3.05) is 116 Å². The van der Waals surface area contributed by atoms with Crippen LogP contribution in [0.15, 0.2) is 151 Å². The van der Waals surface area contributed by atoms with Crippen LogP contribution in [-0.2, 0) is 78.4 Å². The Balaban J connectivity index is 0.728. The SMILES string of the molecule is COc1ccc(C2=C[C@H]3C(O)N4C(=O)OCc5ccc(cc5)CC(=O)CNCCOCCCC(=O)CCC(=O)NCCOCCNCC(=O)Cc5ccc(cc5)CCC(=O)N5c6cc(c(OC)cc6C(=O)N6CC(c7ccc(/C=N/NC(=O)CCCCCN8C(=O)C=CC8=O)cc7)=C[C@H]6C5O)OCCCCCOc5cc4c(cc5C)C(=O)N3C2)cc1. The number of Topliss-reactive ketones (excluding diaryl/α,β-unsaturated/α-hetero) is 3. The summed E-state index contributed by atoms with van der Waals surface area (Å²) >= 11 is 0. The van der Waals surface area contributed by atoms with Gasteiger partial charge in [-0.2, -0.15) is 5.10 Å². The molecule has 2 unspecified atom stereocenters. The molecule has 0 fully saturated rings. The number of aliphatic hydroxyl groups is 2. The number of nitrogens with zero attached hydrogens (tertiary/aromatic N) is 6. The first-order valence-corrected chi connectivity index (χ1v) is 41.1. The van der Waals surface area contributed by atoms with Crippen LogP contribution in [0.3, 0.4) is 0 Å². The van der Waals surface area contributed by atoms with Crippen molar-refractivity contribution >= 4 is 93.5 Å². The number of carbonyl (C=O) groups excluding carboxylic acids is 11. The van der Waals surface area contributed by atoms with E-state index in [4.69, 9.17) is 33.2 Å². The topological polar surface area (TPSA) is 370 Å². The van der Waals surface area contributed by atoms with Gasteiger partial charge in [-0.1, -0.05) is 104 Å². The van der Waals surface area contributed by atoms with Crippen molar-refractivity contribution in [1.82, 2.24) is 36.1 Å². The van der Waals surface area contributed by atoms with Gasteiger partial charge in [0.05, 0.1) is 101 Å². The van der Waals surface area contributed by atoms with Gasteiger partial charge < -0.3 is 69.1 Å². The largest absolute Gasteiger partial charge is 0.497 e. The molecular formula is C91H104N10O20. The van der Waals surface area contributed by atoms with Gasteiger partial charge in [-0.25, -0.2) is 15.1 Å². The molecule has 6 aromatic rings. The summed E-state index contributed by atoms with van der Waals surface area (Å²) in [6, 6.07) is 33.2. The van der Waals surface area contributed by atoms with Gasteiger partial charge in [0.25, 0.3) is 23.6 Å². The highest BCUT2D eigenvalue weighted by Gasteiger charge is 2.47. The quantitative estimate of drug-likeness (QED) is 0.0294. The van der Waals surface area contributed by atoms with E-state index in [1.54, 1.807) is 92.9 Å². The molecule has 0 radical (unpaired) electrons. The summed E-state index contributed by atoms with van der Waals surface area (Å²) < 4.78 is 41.4. The molecule has 8 amide bonds. The highest BCUT2D eigenvalue weighted by Crippen LogP contribution is 2.44. The van der Waals surface area contributed by atoms with Crippen molar-refractivity contribution in [1.29, 1.82) is 0 Å².